The van der Waals surface area contributed by atoms with Crippen LogP contribution in [0.4, 0.5) is 13.2 Å². The number of ether oxygens (including phenoxy) is 1. The number of rotatable bonds is 4. The zero-order chi connectivity index (χ0) is 16.3. The van der Waals surface area contributed by atoms with Crippen molar-refractivity contribution in [3.05, 3.63) is 64.7 Å². The van der Waals surface area contributed by atoms with E-state index in [-0.39, 0.29) is 17.9 Å². The molecular weight excluding hydrogens is 293 g/mol. The summed E-state index contributed by atoms with van der Waals surface area (Å²) in [5, 5.41) is 0. The van der Waals surface area contributed by atoms with Crippen LogP contribution >= 0.6 is 0 Å². The largest absolute Gasteiger partial charge is 0.489 e. The molecule has 0 fully saturated rings. The molecule has 0 saturated heterocycles. The minimum Gasteiger partial charge on any atom is -0.489 e. The third-order valence-corrected chi connectivity index (χ3v) is 3.24. The Morgan fingerprint density at radius 2 is 1.77 bits per heavy atom. The lowest BCUT2D eigenvalue weighted by atomic mass is 10.00. The number of hydrogen-bond donors (Lipinski definition) is 0. The minimum absolute atomic E-state index is 0.126. The Bertz CT molecular complexity index is 676. The SMILES string of the molecule is CC(=O)c1cc(C)c(OCc2ccccc2)cc1C(F)(F)F. The minimum atomic E-state index is -4.60. The molecule has 0 aliphatic carbocycles. The zero-order valence-electron chi connectivity index (χ0n) is 12.2. The molecule has 0 unspecified atom stereocenters. The lowest BCUT2D eigenvalue weighted by Crippen LogP contribution is -2.13. The summed E-state index contributed by atoms with van der Waals surface area (Å²) in [6, 6.07) is 11.3. The van der Waals surface area contributed by atoms with E-state index in [1.807, 2.05) is 30.3 Å². The summed E-state index contributed by atoms with van der Waals surface area (Å²) < 4.78 is 44.7. The molecule has 116 valence electrons. The van der Waals surface area contributed by atoms with Crippen LogP contribution in [0.3, 0.4) is 0 Å². The highest BCUT2D eigenvalue weighted by atomic mass is 19.4. The van der Waals surface area contributed by atoms with E-state index in [0.717, 1.165) is 18.6 Å². The molecule has 0 aromatic heterocycles. The normalized spacial score (nSPS) is 11.3. The first kappa shape index (κ1) is 16.1. The number of hydrogen-bond acceptors (Lipinski definition) is 2. The van der Waals surface area contributed by atoms with Crippen LogP contribution in [0, 0.1) is 6.92 Å². The average molecular weight is 308 g/mol. The second-order valence-corrected chi connectivity index (χ2v) is 4.99. The Balaban J connectivity index is 2.34. The number of alkyl halides is 3. The van der Waals surface area contributed by atoms with E-state index in [9.17, 15) is 18.0 Å². The van der Waals surface area contributed by atoms with Crippen molar-refractivity contribution in [1.82, 2.24) is 0 Å². The van der Waals surface area contributed by atoms with E-state index in [4.69, 9.17) is 4.74 Å². The van der Waals surface area contributed by atoms with E-state index in [1.54, 1.807) is 6.92 Å². The van der Waals surface area contributed by atoms with Gasteiger partial charge in [-0.25, -0.2) is 0 Å². The molecule has 0 atom stereocenters. The van der Waals surface area contributed by atoms with Crippen LogP contribution in [0.25, 0.3) is 0 Å². The fourth-order valence-electron chi connectivity index (χ4n) is 2.10. The maximum Gasteiger partial charge on any atom is 0.417 e. The maximum absolute atomic E-state index is 13.1. The van der Waals surface area contributed by atoms with Crippen molar-refractivity contribution < 1.29 is 22.7 Å². The molecule has 0 spiro atoms. The Morgan fingerprint density at radius 1 is 1.14 bits per heavy atom. The van der Waals surface area contributed by atoms with Gasteiger partial charge >= 0.3 is 6.18 Å². The van der Waals surface area contributed by atoms with E-state index < -0.39 is 17.5 Å². The molecule has 0 heterocycles. The van der Waals surface area contributed by atoms with Crippen LogP contribution in [0.1, 0.15) is 34.0 Å². The van der Waals surface area contributed by atoms with Gasteiger partial charge < -0.3 is 4.74 Å². The van der Waals surface area contributed by atoms with Crippen LogP contribution in [-0.4, -0.2) is 5.78 Å². The molecule has 2 nitrogen and oxygen atoms in total. The van der Waals surface area contributed by atoms with Gasteiger partial charge in [-0.3, -0.25) is 4.79 Å². The van der Waals surface area contributed by atoms with Crippen LogP contribution in [0.2, 0.25) is 0 Å². The van der Waals surface area contributed by atoms with Crippen molar-refractivity contribution in [2.45, 2.75) is 26.6 Å². The maximum atomic E-state index is 13.1. The van der Waals surface area contributed by atoms with Crippen molar-refractivity contribution in [1.29, 1.82) is 0 Å². The second kappa shape index (κ2) is 6.22. The summed E-state index contributed by atoms with van der Waals surface area (Å²) in [7, 11) is 0. The van der Waals surface area contributed by atoms with E-state index in [2.05, 4.69) is 0 Å². The number of ketones is 1. The third kappa shape index (κ3) is 3.67. The predicted molar refractivity (Wildman–Crippen MR) is 77.0 cm³/mol. The molecule has 22 heavy (non-hydrogen) atoms. The zero-order valence-corrected chi connectivity index (χ0v) is 12.2. The lowest BCUT2D eigenvalue weighted by molar-refractivity contribution is -0.138. The van der Waals surface area contributed by atoms with Gasteiger partial charge in [0.05, 0.1) is 5.56 Å². The van der Waals surface area contributed by atoms with Gasteiger partial charge in [0, 0.05) is 5.56 Å². The van der Waals surface area contributed by atoms with Crippen molar-refractivity contribution in [2.24, 2.45) is 0 Å². The topological polar surface area (TPSA) is 26.3 Å². The van der Waals surface area contributed by atoms with E-state index >= 15 is 0 Å². The number of carbonyl (C=O) groups is 1. The van der Waals surface area contributed by atoms with Gasteiger partial charge in [-0.15, -0.1) is 0 Å². The fourth-order valence-corrected chi connectivity index (χ4v) is 2.10. The Kier molecular flexibility index (Phi) is 4.54. The molecule has 0 N–H and O–H groups in total. The number of benzene rings is 2. The Hall–Kier alpha value is -2.30. The van der Waals surface area contributed by atoms with E-state index in [1.165, 1.54) is 6.07 Å². The molecule has 2 aromatic carbocycles. The number of Topliss-reactive ketones (excluding diaryl/α,β-unsaturated/α-hetero) is 1. The monoisotopic (exact) mass is 308 g/mol. The molecule has 0 aliphatic rings. The summed E-state index contributed by atoms with van der Waals surface area (Å²) in [5.41, 5.74) is 0.0472. The highest BCUT2D eigenvalue weighted by Crippen LogP contribution is 2.36. The third-order valence-electron chi connectivity index (χ3n) is 3.24. The number of carbonyl (C=O) groups excluding carboxylic acids is 1. The molecule has 2 aromatic rings. The number of aryl methyl sites for hydroxylation is 1. The van der Waals surface area contributed by atoms with Gasteiger partial charge in [0.1, 0.15) is 12.4 Å². The smallest absolute Gasteiger partial charge is 0.417 e. The predicted octanol–water partition coefficient (Wildman–Crippen LogP) is 4.80. The standard InChI is InChI=1S/C17H15F3O2/c1-11-8-14(12(2)21)15(17(18,19)20)9-16(11)22-10-13-6-4-3-5-7-13/h3-9H,10H2,1-2H3. The fraction of sp³-hybridized carbons (Fsp3) is 0.235. The van der Waals surface area contributed by atoms with Gasteiger partial charge in [-0.1, -0.05) is 30.3 Å². The van der Waals surface area contributed by atoms with Crippen LogP contribution < -0.4 is 4.74 Å². The highest BCUT2D eigenvalue weighted by molar-refractivity contribution is 5.96. The lowest BCUT2D eigenvalue weighted by Gasteiger charge is -2.16. The summed E-state index contributed by atoms with van der Waals surface area (Å²) >= 11 is 0. The van der Waals surface area contributed by atoms with Gasteiger partial charge in [0.25, 0.3) is 0 Å². The van der Waals surface area contributed by atoms with Crippen LogP contribution in [0.15, 0.2) is 42.5 Å². The molecule has 0 radical (unpaired) electrons. The molecule has 0 bridgehead atoms. The first-order valence-electron chi connectivity index (χ1n) is 6.68. The van der Waals surface area contributed by atoms with Gasteiger partial charge in [0.2, 0.25) is 0 Å². The first-order chi connectivity index (χ1) is 10.3. The quantitative estimate of drug-likeness (QED) is 0.759. The van der Waals surface area contributed by atoms with Gasteiger partial charge in [-0.2, -0.15) is 13.2 Å². The Labute approximate surface area is 126 Å². The summed E-state index contributed by atoms with van der Waals surface area (Å²) in [5.74, 6) is -0.494. The average Bonchev–Trinajstić information content (AvgIpc) is 2.45. The van der Waals surface area contributed by atoms with Crippen molar-refractivity contribution in [3.8, 4) is 5.75 Å². The molecule has 0 aliphatic heterocycles. The summed E-state index contributed by atoms with van der Waals surface area (Å²) in [4.78, 5) is 11.4. The van der Waals surface area contributed by atoms with Gasteiger partial charge in [-0.05, 0) is 37.1 Å². The van der Waals surface area contributed by atoms with Crippen LogP contribution in [0.5, 0.6) is 5.75 Å². The van der Waals surface area contributed by atoms with Crippen molar-refractivity contribution in [3.63, 3.8) is 0 Å². The number of halogens is 3. The van der Waals surface area contributed by atoms with Gasteiger partial charge in [0.15, 0.2) is 5.78 Å². The molecule has 0 amide bonds. The molecule has 2 rings (SSSR count). The van der Waals surface area contributed by atoms with Crippen LogP contribution in [-0.2, 0) is 12.8 Å². The first-order valence-corrected chi connectivity index (χ1v) is 6.68. The molecule has 5 heteroatoms. The van der Waals surface area contributed by atoms with Crippen molar-refractivity contribution >= 4 is 5.78 Å². The van der Waals surface area contributed by atoms with Crippen molar-refractivity contribution in [2.75, 3.05) is 0 Å². The molecular formula is C17H15F3O2. The summed E-state index contributed by atoms with van der Waals surface area (Å²) in [6.07, 6.45) is -4.60. The highest BCUT2D eigenvalue weighted by Gasteiger charge is 2.35. The summed E-state index contributed by atoms with van der Waals surface area (Å²) in [6.45, 7) is 2.90. The molecule has 0 saturated carbocycles. The Morgan fingerprint density at radius 3 is 2.32 bits per heavy atom. The van der Waals surface area contributed by atoms with E-state index in [0.29, 0.717) is 5.56 Å². The second-order valence-electron chi connectivity index (χ2n) is 4.99.